The Kier molecular flexibility index (Phi) is 3.41. The van der Waals surface area contributed by atoms with E-state index in [0.29, 0.717) is 0 Å². The van der Waals surface area contributed by atoms with Crippen LogP contribution in [0.1, 0.15) is 24.1 Å². The van der Waals surface area contributed by atoms with Gasteiger partial charge in [0.1, 0.15) is 0 Å². The molecule has 0 radical (unpaired) electrons. The molecule has 13 heavy (non-hydrogen) atoms. The molecule has 0 aromatic carbocycles. The number of hydrogen-bond donors (Lipinski definition) is 0. The van der Waals surface area contributed by atoms with Crippen LogP contribution in [0.15, 0.2) is 15.9 Å². The van der Waals surface area contributed by atoms with Gasteiger partial charge >= 0.3 is 0 Å². The first-order valence-corrected chi connectivity index (χ1v) is 6.47. The van der Waals surface area contributed by atoms with Crippen LogP contribution in [0.5, 0.6) is 0 Å². The lowest BCUT2D eigenvalue weighted by molar-refractivity contribution is 0.222. The van der Waals surface area contributed by atoms with E-state index in [1.807, 2.05) is 11.3 Å². The molecule has 1 aromatic heterocycles. The van der Waals surface area contributed by atoms with Gasteiger partial charge in [-0.25, -0.2) is 0 Å². The Bertz CT molecular complexity index is 266. The lowest BCUT2D eigenvalue weighted by atomic mass is 10.1. The average Bonchev–Trinajstić information content (AvgIpc) is 2.53. The van der Waals surface area contributed by atoms with E-state index in [2.05, 4.69) is 32.3 Å². The van der Waals surface area contributed by atoms with Gasteiger partial charge in [0.2, 0.25) is 0 Å². The van der Waals surface area contributed by atoms with Crippen molar-refractivity contribution in [3.05, 3.63) is 20.8 Å². The number of rotatable bonds is 2. The van der Waals surface area contributed by atoms with Crippen molar-refractivity contribution in [2.45, 2.75) is 25.8 Å². The third-order valence-electron chi connectivity index (χ3n) is 2.45. The molecule has 2 rings (SSSR count). The van der Waals surface area contributed by atoms with Gasteiger partial charge in [0.05, 0.1) is 0 Å². The molecule has 0 spiro atoms. The van der Waals surface area contributed by atoms with E-state index < -0.39 is 0 Å². The van der Waals surface area contributed by atoms with Crippen LogP contribution >= 0.6 is 27.3 Å². The number of nitrogens with zero attached hydrogens (tertiary/aromatic N) is 1. The van der Waals surface area contributed by atoms with Gasteiger partial charge < -0.3 is 0 Å². The van der Waals surface area contributed by atoms with E-state index in [-0.39, 0.29) is 0 Å². The fourth-order valence-electron chi connectivity index (χ4n) is 1.77. The average molecular weight is 260 g/mol. The van der Waals surface area contributed by atoms with Gasteiger partial charge in [-0.05, 0) is 47.9 Å². The summed E-state index contributed by atoms with van der Waals surface area (Å²) in [7, 11) is 0. The zero-order chi connectivity index (χ0) is 9.10. The van der Waals surface area contributed by atoms with E-state index in [1.54, 1.807) is 0 Å². The molecule has 1 aliphatic rings. The monoisotopic (exact) mass is 259 g/mol. The first-order valence-electron chi connectivity index (χ1n) is 4.80. The minimum absolute atomic E-state index is 1.15. The summed E-state index contributed by atoms with van der Waals surface area (Å²) >= 11 is 5.34. The first kappa shape index (κ1) is 9.69. The molecular formula is C10H14BrNS. The number of likely N-dealkylation sites (tertiary alicyclic amines) is 1. The Morgan fingerprint density at radius 3 is 2.69 bits per heavy atom. The van der Waals surface area contributed by atoms with Crippen molar-refractivity contribution in [1.29, 1.82) is 0 Å². The van der Waals surface area contributed by atoms with Gasteiger partial charge in [0.15, 0.2) is 0 Å². The number of thiophene rings is 1. The highest BCUT2D eigenvalue weighted by Crippen LogP contribution is 2.22. The van der Waals surface area contributed by atoms with E-state index in [0.717, 1.165) is 6.54 Å². The van der Waals surface area contributed by atoms with Crippen molar-refractivity contribution in [3.8, 4) is 0 Å². The summed E-state index contributed by atoms with van der Waals surface area (Å²) in [4.78, 5) is 4.04. The van der Waals surface area contributed by atoms with E-state index in [9.17, 15) is 0 Å². The normalized spacial score (nSPS) is 19.2. The Morgan fingerprint density at radius 1 is 1.31 bits per heavy atom. The summed E-state index contributed by atoms with van der Waals surface area (Å²) < 4.78 is 1.23. The van der Waals surface area contributed by atoms with Crippen LogP contribution in [0.4, 0.5) is 0 Å². The number of halogens is 1. The van der Waals surface area contributed by atoms with Crippen LogP contribution in [-0.2, 0) is 6.54 Å². The van der Waals surface area contributed by atoms with Gasteiger partial charge in [-0.1, -0.05) is 6.42 Å². The molecule has 0 saturated carbocycles. The van der Waals surface area contributed by atoms with Gasteiger partial charge in [0.25, 0.3) is 0 Å². The molecule has 1 aromatic rings. The predicted octanol–water partition coefficient (Wildman–Crippen LogP) is 3.50. The van der Waals surface area contributed by atoms with Crippen LogP contribution in [0.3, 0.4) is 0 Å². The standard InChI is InChI=1S/C10H14BrNS/c11-9-6-10(13-8-9)7-12-4-2-1-3-5-12/h6,8H,1-5,7H2. The zero-order valence-electron chi connectivity index (χ0n) is 7.63. The number of piperidine rings is 1. The van der Waals surface area contributed by atoms with Crippen LogP contribution in [-0.4, -0.2) is 18.0 Å². The van der Waals surface area contributed by atoms with Crippen molar-refractivity contribution in [2.24, 2.45) is 0 Å². The maximum absolute atomic E-state index is 3.49. The Hall–Kier alpha value is 0.140. The number of hydrogen-bond acceptors (Lipinski definition) is 2. The second-order valence-electron chi connectivity index (χ2n) is 3.57. The molecule has 2 heterocycles. The molecule has 1 nitrogen and oxygen atoms in total. The Morgan fingerprint density at radius 2 is 2.08 bits per heavy atom. The summed E-state index contributed by atoms with van der Waals surface area (Å²) in [5.41, 5.74) is 0. The van der Waals surface area contributed by atoms with Gasteiger partial charge in [-0.15, -0.1) is 11.3 Å². The fraction of sp³-hybridized carbons (Fsp3) is 0.600. The smallest absolute Gasteiger partial charge is 0.0328 e. The highest BCUT2D eigenvalue weighted by atomic mass is 79.9. The molecule has 0 unspecified atom stereocenters. The van der Waals surface area contributed by atoms with Crippen LogP contribution in [0.25, 0.3) is 0 Å². The maximum atomic E-state index is 3.49. The molecule has 1 aliphatic heterocycles. The molecule has 72 valence electrons. The van der Waals surface area contributed by atoms with Gasteiger partial charge in [-0.3, -0.25) is 4.90 Å². The second-order valence-corrected chi connectivity index (χ2v) is 5.48. The Balaban J connectivity index is 1.89. The van der Waals surface area contributed by atoms with Crippen LogP contribution in [0, 0.1) is 0 Å². The lowest BCUT2D eigenvalue weighted by Crippen LogP contribution is -2.28. The third kappa shape index (κ3) is 2.79. The van der Waals surface area contributed by atoms with Crippen molar-refractivity contribution >= 4 is 27.3 Å². The highest BCUT2D eigenvalue weighted by Gasteiger charge is 2.10. The van der Waals surface area contributed by atoms with Crippen LogP contribution < -0.4 is 0 Å². The van der Waals surface area contributed by atoms with E-state index >= 15 is 0 Å². The largest absolute Gasteiger partial charge is 0.298 e. The van der Waals surface area contributed by atoms with Crippen LogP contribution in [0.2, 0.25) is 0 Å². The molecule has 0 N–H and O–H groups in total. The summed E-state index contributed by atoms with van der Waals surface area (Å²) in [5, 5.41) is 2.17. The van der Waals surface area contributed by atoms with Crippen molar-refractivity contribution in [3.63, 3.8) is 0 Å². The van der Waals surface area contributed by atoms with Gasteiger partial charge in [0, 0.05) is 21.3 Å². The van der Waals surface area contributed by atoms with E-state index in [1.165, 1.54) is 41.7 Å². The zero-order valence-corrected chi connectivity index (χ0v) is 10.0. The molecule has 0 bridgehead atoms. The van der Waals surface area contributed by atoms with Crippen molar-refractivity contribution in [1.82, 2.24) is 4.90 Å². The molecule has 0 atom stereocenters. The summed E-state index contributed by atoms with van der Waals surface area (Å²) in [5.74, 6) is 0. The molecule has 0 amide bonds. The highest BCUT2D eigenvalue weighted by molar-refractivity contribution is 9.10. The summed E-state index contributed by atoms with van der Waals surface area (Å²) in [6.07, 6.45) is 4.18. The topological polar surface area (TPSA) is 3.24 Å². The summed E-state index contributed by atoms with van der Waals surface area (Å²) in [6, 6.07) is 2.24. The molecule has 3 heteroatoms. The fourth-order valence-corrected chi connectivity index (χ4v) is 3.27. The second kappa shape index (κ2) is 4.58. The quantitative estimate of drug-likeness (QED) is 0.786. The van der Waals surface area contributed by atoms with Crippen molar-refractivity contribution < 1.29 is 0 Å². The summed E-state index contributed by atoms with van der Waals surface area (Å²) in [6.45, 7) is 3.72. The molecule has 1 saturated heterocycles. The minimum atomic E-state index is 1.15. The molecule has 0 aliphatic carbocycles. The SMILES string of the molecule is Brc1csc(CN2CCCCC2)c1. The third-order valence-corrected chi connectivity index (χ3v) is 4.13. The molecular weight excluding hydrogens is 246 g/mol. The maximum Gasteiger partial charge on any atom is 0.0328 e. The van der Waals surface area contributed by atoms with Crippen molar-refractivity contribution in [2.75, 3.05) is 13.1 Å². The first-order chi connectivity index (χ1) is 6.34. The minimum Gasteiger partial charge on any atom is -0.298 e. The predicted molar refractivity (Wildman–Crippen MR) is 61.1 cm³/mol. The molecule has 1 fully saturated rings. The van der Waals surface area contributed by atoms with Gasteiger partial charge in [-0.2, -0.15) is 0 Å². The van der Waals surface area contributed by atoms with E-state index in [4.69, 9.17) is 0 Å². The Labute approximate surface area is 91.9 Å². The lowest BCUT2D eigenvalue weighted by Gasteiger charge is -2.25.